The van der Waals surface area contributed by atoms with Crippen LogP contribution in [-0.2, 0) is 17.8 Å². The normalized spacial score (nSPS) is 22.5. The number of aromatic nitrogens is 3. The number of imidazole rings is 1. The van der Waals surface area contributed by atoms with E-state index in [9.17, 15) is 13.6 Å². The van der Waals surface area contributed by atoms with E-state index in [1.165, 1.54) is 43.5 Å². The number of carbonyl (C=O) groups excluding carboxylic acids is 1. The van der Waals surface area contributed by atoms with Gasteiger partial charge in [-0.25, -0.2) is 13.8 Å². The van der Waals surface area contributed by atoms with E-state index in [1.54, 1.807) is 0 Å². The summed E-state index contributed by atoms with van der Waals surface area (Å²) in [5.41, 5.74) is 4.08. The van der Waals surface area contributed by atoms with Gasteiger partial charge in [0.05, 0.1) is 22.8 Å². The Balaban J connectivity index is 1.29. The van der Waals surface area contributed by atoms with Crippen molar-refractivity contribution in [2.45, 2.75) is 88.9 Å². The lowest BCUT2D eigenvalue weighted by molar-refractivity contribution is -0.135. The molecule has 1 amide bonds. The number of halogens is 2. The Kier molecular flexibility index (Phi) is 8.18. The first-order chi connectivity index (χ1) is 21.4. The number of amides is 1. The number of rotatable bonds is 8. The molecule has 2 saturated heterocycles. The largest absolute Gasteiger partial charge is 0.352 e. The zero-order chi connectivity index (χ0) is 30.4. The Labute approximate surface area is 258 Å². The van der Waals surface area contributed by atoms with E-state index < -0.39 is 0 Å². The Morgan fingerprint density at radius 1 is 0.977 bits per heavy atom. The van der Waals surface area contributed by atoms with Crippen LogP contribution in [-0.4, -0.2) is 75.6 Å². The Bertz CT molecular complexity index is 1660. The number of likely N-dealkylation sites (tertiary alicyclic amines) is 2. The molecule has 2 aromatic carbocycles. The number of aromatic amines is 1. The number of fused-ring (bicyclic) bond motifs is 2. The SMILES string of the molecule is CNC(C(=O)N1CCCC1Cc1c(-c2nc3cc(F)ccc3n2CC2CCCN2C)[nH]c2cc(F)ccc12)C1CCCCC1. The van der Waals surface area contributed by atoms with Crippen LogP contribution in [0.1, 0.15) is 63.4 Å². The van der Waals surface area contributed by atoms with Crippen molar-refractivity contribution in [3.8, 4) is 11.5 Å². The highest BCUT2D eigenvalue weighted by Crippen LogP contribution is 2.37. The van der Waals surface area contributed by atoms with Gasteiger partial charge in [0.25, 0.3) is 0 Å². The zero-order valence-corrected chi connectivity index (χ0v) is 25.9. The summed E-state index contributed by atoms with van der Waals surface area (Å²) in [6.45, 7) is 2.54. The van der Waals surface area contributed by atoms with Crippen LogP contribution in [0.25, 0.3) is 33.5 Å². The van der Waals surface area contributed by atoms with Crippen LogP contribution in [0.5, 0.6) is 0 Å². The first-order valence-corrected chi connectivity index (χ1v) is 16.6. The maximum Gasteiger partial charge on any atom is 0.240 e. The average molecular weight is 603 g/mol. The lowest BCUT2D eigenvalue weighted by Crippen LogP contribution is -2.51. The average Bonchev–Trinajstić information content (AvgIpc) is 3.81. The van der Waals surface area contributed by atoms with Crippen LogP contribution < -0.4 is 5.32 Å². The van der Waals surface area contributed by atoms with Crippen molar-refractivity contribution in [3.63, 3.8) is 0 Å². The summed E-state index contributed by atoms with van der Waals surface area (Å²) in [4.78, 5) is 27.1. The van der Waals surface area contributed by atoms with Crippen molar-refractivity contribution < 1.29 is 13.6 Å². The molecule has 1 aliphatic carbocycles. The quantitative estimate of drug-likeness (QED) is 0.250. The van der Waals surface area contributed by atoms with Crippen LogP contribution in [0.4, 0.5) is 8.78 Å². The molecule has 3 aliphatic rings. The molecule has 7 rings (SSSR count). The maximum atomic E-state index is 14.5. The molecule has 3 unspecified atom stereocenters. The number of nitrogens with one attached hydrogen (secondary N) is 2. The fraction of sp³-hybridized carbons (Fsp3) is 0.543. The Morgan fingerprint density at radius 2 is 1.73 bits per heavy atom. The fourth-order valence-electron chi connectivity index (χ4n) is 8.31. The number of hydrogen-bond donors (Lipinski definition) is 2. The van der Waals surface area contributed by atoms with Gasteiger partial charge in [0.1, 0.15) is 11.6 Å². The molecule has 234 valence electrons. The van der Waals surface area contributed by atoms with Crippen molar-refractivity contribution in [2.24, 2.45) is 5.92 Å². The summed E-state index contributed by atoms with van der Waals surface area (Å²) >= 11 is 0. The lowest BCUT2D eigenvalue weighted by Gasteiger charge is -2.34. The molecule has 4 heterocycles. The topological polar surface area (TPSA) is 69.2 Å². The highest BCUT2D eigenvalue weighted by Gasteiger charge is 2.37. The molecule has 9 heteroatoms. The van der Waals surface area contributed by atoms with Gasteiger partial charge in [-0.1, -0.05) is 19.3 Å². The minimum Gasteiger partial charge on any atom is -0.352 e. The minimum atomic E-state index is -0.317. The highest BCUT2D eigenvalue weighted by molar-refractivity contribution is 5.92. The van der Waals surface area contributed by atoms with E-state index in [0.717, 1.165) is 86.1 Å². The van der Waals surface area contributed by atoms with E-state index in [1.807, 2.05) is 19.2 Å². The second kappa shape index (κ2) is 12.2. The standard InChI is InChI=1S/C35H44F2N6O/c1-38-32(22-8-4-3-5-9-22)35(44)42-17-7-10-25(42)20-28-27-14-12-23(36)18-29(27)39-33(28)34-40-30-19-24(37)13-15-31(30)43(34)21-26-11-6-16-41(26)2/h12-15,18-19,22,25-26,32,38-39H,3-11,16-17,20-21H2,1-2H3. The van der Waals surface area contributed by atoms with Gasteiger partial charge in [-0.15, -0.1) is 0 Å². The third-order valence-corrected chi connectivity index (χ3v) is 10.7. The monoisotopic (exact) mass is 602 g/mol. The van der Waals surface area contributed by atoms with Crippen LogP contribution in [0.3, 0.4) is 0 Å². The number of carbonyl (C=O) groups is 1. The third kappa shape index (κ3) is 5.42. The second-order valence-electron chi connectivity index (χ2n) is 13.3. The summed E-state index contributed by atoms with van der Waals surface area (Å²) < 4.78 is 31.1. The van der Waals surface area contributed by atoms with Crippen LogP contribution >= 0.6 is 0 Å². The van der Waals surface area contributed by atoms with E-state index in [0.29, 0.717) is 29.4 Å². The van der Waals surface area contributed by atoms with Gasteiger partial charge in [-0.05, 0) is 107 Å². The summed E-state index contributed by atoms with van der Waals surface area (Å²) in [7, 11) is 4.08. The Morgan fingerprint density at radius 3 is 2.50 bits per heavy atom. The number of likely N-dealkylation sites (N-methyl/N-ethyl adjacent to an activating group) is 2. The predicted octanol–water partition coefficient (Wildman–Crippen LogP) is 6.26. The molecule has 44 heavy (non-hydrogen) atoms. The van der Waals surface area contributed by atoms with Crippen molar-refractivity contribution in [2.75, 3.05) is 27.2 Å². The van der Waals surface area contributed by atoms with Gasteiger partial charge >= 0.3 is 0 Å². The number of hydrogen-bond acceptors (Lipinski definition) is 4. The number of H-pyrrole nitrogens is 1. The molecule has 3 atom stereocenters. The third-order valence-electron chi connectivity index (χ3n) is 10.7. The van der Waals surface area contributed by atoms with Gasteiger partial charge < -0.3 is 24.7 Å². The molecule has 4 aromatic rings. The molecule has 7 nitrogen and oxygen atoms in total. The van der Waals surface area contributed by atoms with Crippen LogP contribution in [0, 0.1) is 17.6 Å². The molecular formula is C35H44F2N6O. The molecule has 0 bridgehead atoms. The predicted molar refractivity (Wildman–Crippen MR) is 170 cm³/mol. The van der Waals surface area contributed by atoms with Gasteiger partial charge in [-0.3, -0.25) is 4.79 Å². The van der Waals surface area contributed by atoms with Gasteiger partial charge in [0.15, 0.2) is 5.82 Å². The molecule has 0 radical (unpaired) electrons. The van der Waals surface area contributed by atoms with Gasteiger partial charge in [-0.2, -0.15) is 0 Å². The summed E-state index contributed by atoms with van der Waals surface area (Å²) in [6.07, 6.45) is 10.6. The highest BCUT2D eigenvalue weighted by atomic mass is 19.1. The fourth-order valence-corrected chi connectivity index (χ4v) is 8.31. The van der Waals surface area contributed by atoms with Crippen molar-refractivity contribution >= 4 is 27.8 Å². The van der Waals surface area contributed by atoms with Crippen molar-refractivity contribution in [1.29, 1.82) is 0 Å². The summed E-state index contributed by atoms with van der Waals surface area (Å²) in [6, 6.07) is 9.94. The summed E-state index contributed by atoms with van der Waals surface area (Å²) in [5.74, 6) is 0.706. The minimum absolute atomic E-state index is 0.0426. The molecule has 2 aliphatic heterocycles. The van der Waals surface area contributed by atoms with Crippen LogP contribution in [0.15, 0.2) is 36.4 Å². The second-order valence-corrected chi connectivity index (χ2v) is 13.3. The molecule has 1 saturated carbocycles. The van der Waals surface area contributed by atoms with Gasteiger partial charge in [0.2, 0.25) is 5.91 Å². The van der Waals surface area contributed by atoms with Gasteiger partial charge in [0, 0.05) is 42.1 Å². The molecular weight excluding hydrogens is 558 g/mol. The van der Waals surface area contributed by atoms with E-state index in [2.05, 4.69) is 31.7 Å². The molecule has 0 spiro atoms. The summed E-state index contributed by atoms with van der Waals surface area (Å²) in [5, 5.41) is 4.32. The first-order valence-electron chi connectivity index (χ1n) is 16.6. The smallest absolute Gasteiger partial charge is 0.240 e. The first kappa shape index (κ1) is 29.4. The van der Waals surface area contributed by atoms with Crippen molar-refractivity contribution in [1.82, 2.24) is 29.7 Å². The number of nitrogens with zero attached hydrogens (tertiary/aromatic N) is 4. The Hall–Kier alpha value is -3.30. The molecule has 2 N–H and O–H groups in total. The van der Waals surface area contributed by atoms with E-state index in [4.69, 9.17) is 4.98 Å². The maximum absolute atomic E-state index is 14.5. The van der Waals surface area contributed by atoms with Crippen molar-refractivity contribution in [3.05, 3.63) is 53.6 Å². The molecule has 3 fully saturated rings. The van der Waals surface area contributed by atoms with E-state index >= 15 is 0 Å². The van der Waals surface area contributed by atoms with E-state index in [-0.39, 0.29) is 29.6 Å². The van der Waals surface area contributed by atoms with Crippen LogP contribution in [0.2, 0.25) is 0 Å². The zero-order valence-electron chi connectivity index (χ0n) is 25.9. The lowest BCUT2D eigenvalue weighted by atomic mass is 9.83. The molecule has 2 aromatic heterocycles. The number of benzene rings is 2.